The number of rotatable bonds is 4. The van der Waals surface area contributed by atoms with Crippen LogP contribution in [0, 0.1) is 17.6 Å². The Labute approximate surface area is 142 Å². The predicted molar refractivity (Wildman–Crippen MR) is 92.1 cm³/mol. The Morgan fingerprint density at radius 1 is 0.826 bits per heavy atom. The Balaban J connectivity index is 0.00000192. The zero-order chi connectivity index (χ0) is 15.4. The van der Waals surface area contributed by atoms with E-state index in [1.807, 2.05) is 24.3 Å². The van der Waals surface area contributed by atoms with Gasteiger partial charge in [-0.2, -0.15) is 0 Å². The Morgan fingerprint density at radius 3 is 1.70 bits per heavy atom. The van der Waals surface area contributed by atoms with Crippen molar-refractivity contribution in [2.75, 3.05) is 13.1 Å². The third kappa shape index (κ3) is 4.76. The van der Waals surface area contributed by atoms with E-state index in [0.29, 0.717) is 5.92 Å². The Hall–Kier alpha value is -1.45. The fraction of sp³-hybridized carbons (Fsp3) is 0.368. The summed E-state index contributed by atoms with van der Waals surface area (Å²) >= 11 is 0. The standard InChI is InChI=1S/C19H21F2N.ClH/c20-17-5-1-15(2-6-17)19(13-14-9-11-22-12-10-14)16-3-7-18(21)8-4-16;/h1-8,14,19,22H,9-13H2;1H. The lowest BCUT2D eigenvalue weighted by molar-refractivity contribution is 0.342. The smallest absolute Gasteiger partial charge is 0.123 e. The van der Waals surface area contributed by atoms with Gasteiger partial charge in [0.1, 0.15) is 11.6 Å². The summed E-state index contributed by atoms with van der Waals surface area (Å²) in [5, 5.41) is 3.38. The van der Waals surface area contributed by atoms with Gasteiger partial charge >= 0.3 is 0 Å². The molecular weight excluding hydrogens is 316 g/mol. The largest absolute Gasteiger partial charge is 0.317 e. The predicted octanol–water partition coefficient (Wildman–Crippen LogP) is 4.91. The minimum atomic E-state index is -0.219. The molecule has 3 rings (SSSR count). The van der Waals surface area contributed by atoms with E-state index in [0.717, 1.165) is 30.6 Å². The molecule has 0 bridgehead atoms. The minimum Gasteiger partial charge on any atom is -0.317 e. The second kappa shape index (κ2) is 8.42. The van der Waals surface area contributed by atoms with Crippen LogP contribution in [0.1, 0.15) is 36.3 Å². The van der Waals surface area contributed by atoms with E-state index in [9.17, 15) is 8.78 Å². The molecule has 1 fully saturated rings. The second-order valence-electron chi connectivity index (χ2n) is 6.08. The Morgan fingerprint density at radius 2 is 1.26 bits per heavy atom. The van der Waals surface area contributed by atoms with Gasteiger partial charge in [0.25, 0.3) is 0 Å². The number of nitrogens with one attached hydrogen (secondary N) is 1. The van der Waals surface area contributed by atoms with Crippen LogP contribution in [-0.2, 0) is 0 Å². The highest BCUT2D eigenvalue weighted by Gasteiger charge is 2.21. The first-order valence-electron chi connectivity index (χ1n) is 7.94. The van der Waals surface area contributed by atoms with Gasteiger partial charge < -0.3 is 5.32 Å². The minimum absolute atomic E-state index is 0. The van der Waals surface area contributed by atoms with Crippen molar-refractivity contribution < 1.29 is 8.78 Å². The number of halogens is 3. The quantitative estimate of drug-likeness (QED) is 0.836. The molecule has 1 N–H and O–H groups in total. The zero-order valence-electron chi connectivity index (χ0n) is 13.0. The molecule has 1 aliphatic heterocycles. The molecule has 23 heavy (non-hydrogen) atoms. The summed E-state index contributed by atoms with van der Waals surface area (Å²) in [6.45, 7) is 2.12. The molecule has 1 nitrogen and oxygen atoms in total. The van der Waals surface area contributed by atoms with E-state index in [1.165, 1.54) is 37.1 Å². The second-order valence-corrected chi connectivity index (χ2v) is 6.08. The lowest BCUT2D eigenvalue weighted by Gasteiger charge is -2.27. The third-order valence-electron chi connectivity index (χ3n) is 4.57. The molecule has 0 saturated carbocycles. The first-order valence-corrected chi connectivity index (χ1v) is 7.94. The highest BCUT2D eigenvalue weighted by molar-refractivity contribution is 5.85. The summed E-state index contributed by atoms with van der Waals surface area (Å²) in [6, 6.07) is 13.4. The van der Waals surface area contributed by atoms with Gasteiger partial charge in [-0.15, -0.1) is 12.4 Å². The van der Waals surface area contributed by atoms with Gasteiger partial charge in [-0.25, -0.2) is 8.78 Å². The van der Waals surface area contributed by atoms with Gasteiger partial charge in [0.2, 0.25) is 0 Å². The van der Waals surface area contributed by atoms with Gasteiger partial charge in [-0.1, -0.05) is 24.3 Å². The van der Waals surface area contributed by atoms with Gasteiger partial charge in [0, 0.05) is 5.92 Å². The van der Waals surface area contributed by atoms with Crippen LogP contribution in [0.5, 0.6) is 0 Å². The van der Waals surface area contributed by atoms with Crippen molar-refractivity contribution in [1.29, 1.82) is 0 Å². The van der Waals surface area contributed by atoms with Crippen LogP contribution in [0.3, 0.4) is 0 Å². The first-order chi connectivity index (χ1) is 10.7. The first kappa shape index (κ1) is 17.9. The molecule has 0 aliphatic carbocycles. The van der Waals surface area contributed by atoms with E-state index in [-0.39, 0.29) is 30.0 Å². The molecule has 0 amide bonds. The van der Waals surface area contributed by atoms with Crippen molar-refractivity contribution in [2.24, 2.45) is 5.92 Å². The van der Waals surface area contributed by atoms with Crippen molar-refractivity contribution in [2.45, 2.75) is 25.2 Å². The van der Waals surface area contributed by atoms with Gasteiger partial charge in [0.05, 0.1) is 0 Å². The Bertz CT molecular complexity index is 546. The zero-order valence-corrected chi connectivity index (χ0v) is 13.8. The van der Waals surface area contributed by atoms with Crippen LogP contribution < -0.4 is 5.32 Å². The van der Waals surface area contributed by atoms with E-state index < -0.39 is 0 Å². The highest BCUT2D eigenvalue weighted by Crippen LogP contribution is 2.34. The Kier molecular flexibility index (Phi) is 6.55. The molecule has 0 radical (unpaired) electrons. The molecule has 0 unspecified atom stereocenters. The topological polar surface area (TPSA) is 12.0 Å². The molecule has 2 aromatic rings. The van der Waals surface area contributed by atoms with E-state index in [4.69, 9.17) is 0 Å². The summed E-state index contributed by atoms with van der Waals surface area (Å²) in [6.07, 6.45) is 3.36. The van der Waals surface area contributed by atoms with Crippen molar-refractivity contribution in [3.8, 4) is 0 Å². The van der Waals surface area contributed by atoms with Crippen molar-refractivity contribution in [3.05, 3.63) is 71.3 Å². The van der Waals surface area contributed by atoms with Crippen LogP contribution in [-0.4, -0.2) is 13.1 Å². The lowest BCUT2D eigenvalue weighted by Crippen LogP contribution is -2.28. The summed E-state index contributed by atoms with van der Waals surface area (Å²) in [5.74, 6) is 0.414. The highest BCUT2D eigenvalue weighted by atomic mass is 35.5. The fourth-order valence-corrected chi connectivity index (χ4v) is 3.31. The molecule has 0 aromatic heterocycles. The van der Waals surface area contributed by atoms with Crippen LogP contribution in [0.25, 0.3) is 0 Å². The number of piperidine rings is 1. The number of benzene rings is 2. The average Bonchev–Trinajstić information content (AvgIpc) is 2.56. The van der Waals surface area contributed by atoms with Crippen LogP contribution in [0.4, 0.5) is 8.78 Å². The summed E-state index contributed by atoms with van der Waals surface area (Å²) in [4.78, 5) is 0. The van der Waals surface area contributed by atoms with Gasteiger partial charge in [-0.3, -0.25) is 0 Å². The van der Waals surface area contributed by atoms with Crippen LogP contribution in [0.15, 0.2) is 48.5 Å². The monoisotopic (exact) mass is 337 g/mol. The average molecular weight is 338 g/mol. The fourth-order valence-electron chi connectivity index (χ4n) is 3.31. The van der Waals surface area contributed by atoms with Crippen LogP contribution >= 0.6 is 12.4 Å². The number of hydrogen-bond acceptors (Lipinski definition) is 1. The molecule has 4 heteroatoms. The number of hydrogen-bond donors (Lipinski definition) is 1. The molecule has 2 aromatic carbocycles. The van der Waals surface area contributed by atoms with Gasteiger partial charge in [0.15, 0.2) is 0 Å². The maximum atomic E-state index is 13.2. The molecular formula is C19H22ClF2N. The maximum absolute atomic E-state index is 13.2. The van der Waals surface area contributed by atoms with E-state index >= 15 is 0 Å². The lowest BCUT2D eigenvalue weighted by atomic mass is 9.80. The van der Waals surface area contributed by atoms with E-state index in [1.54, 1.807) is 0 Å². The summed E-state index contributed by atoms with van der Waals surface area (Å²) in [7, 11) is 0. The third-order valence-corrected chi connectivity index (χ3v) is 4.57. The van der Waals surface area contributed by atoms with Crippen molar-refractivity contribution >= 4 is 12.4 Å². The summed E-state index contributed by atoms with van der Waals surface area (Å²) < 4.78 is 26.4. The van der Waals surface area contributed by atoms with E-state index in [2.05, 4.69) is 5.32 Å². The SMILES string of the molecule is Cl.Fc1ccc(C(CC2CCNCC2)c2ccc(F)cc2)cc1. The van der Waals surface area contributed by atoms with Crippen LogP contribution in [0.2, 0.25) is 0 Å². The molecule has 1 saturated heterocycles. The van der Waals surface area contributed by atoms with Gasteiger partial charge in [-0.05, 0) is 73.7 Å². The maximum Gasteiger partial charge on any atom is 0.123 e. The molecule has 1 aliphatic rings. The molecule has 1 heterocycles. The van der Waals surface area contributed by atoms with Crippen molar-refractivity contribution in [1.82, 2.24) is 5.32 Å². The normalized spacial score (nSPS) is 15.4. The summed E-state index contributed by atoms with van der Waals surface area (Å²) in [5.41, 5.74) is 2.21. The molecule has 0 atom stereocenters. The van der Waals surface area contributed by atoms with Crippen molar-refractivity contribution in [3.63, 3.8) is 0 Å². The molecule has 124 valence electrons. The molecule has 0 spiro atoms.